The average molecular weight is 437 g/mol. The van der Waals surface area contributed by atoms with Gasteiger partial charge in [0.1, 0.15) is 6.04 Å². The molecule has 1 saturated heterocycles. The van der Waals surface area contributed by atoms with Crippen molar-refractivity contribution in [2.45, 2.75) is 37.3 Å². The molecule has 32 heavy (non-hydrogen) atoms. The highest BCUT2D eigenvalue weighted by atomic mass is 16.5. The van der Waals surface area contributed by atoms with Crippen LogP contribution in [0.2, 0.25) is 0 Å². The lowest BCUT2D eigenvalue weighted by Crippen LogP contribution is -2.60. The molecule has 4 rings (SSSR count). The summed E-state index contributed by atoms with van der Waals surface area (Å²) in [4.78, 5) is 39.5. The Labute approximate surface area is 186 Å². The third-order valence-corrected chi connectivity index (χ3v) is 6.24. The summed E-state index contributed by atoms with van der Waals surface area (Å²) in [5.41, 5.74) is 14.0. The van der Waals surface area contributed by atoms with Gasteiger partial charge in [-0.05, 0) is 48.6 Å². The van der Waals surface area contributed by atoms with Crippen molar-refractivity contribution in [1.82, 2.24) is 5.32 Å². The number of amides is 3. The number of carbonyl (C=O) groups excluding carboxylic acids is 3. The summed E-state index contributed by atoms with van der Waals surface area (Å²) < 4.78 is 5.28. The molecule has 0 aromatic heterocycles. The van der Waals surface area contributed by atoms with Gasteiger partial charge in [0.05, 0.1) is 5.54 Å². The minimum Gasteiger partial charge on any atom is -0.381 e. The molecule has 2 aromatic rings. The Hall–Kier alpha value is -3.23. The van der Waals surface area contributed by atoms with Crippen LogP contribution in [0.4, 0.5) is 5.69 Å². The molecule has 8 heteroatoms. The van der Waals surface area contributed by atoms with Gasteiger partial charge in [-0.25, -0.2) is 0 Å². The first-order valence-corrected chi connectivity index (χ1v) is 10.8. The van der Waals surface area contributed by atoms with Crippen LogP contribution in [0.15, 0.2) is 48.5 Å². The van der Waals surface area contributed by atoms with Crippen molar-refractivity contribution in [3.63, 3.8) is 0 Å². The lowest BCUT2D eigenvalue weighted by Gasteiger charge is -2.33. The second-order valence-corrected chi connectivity index (χ2v) is 8.43. The highest BCUT2D eigenvalue weighted by Crippen LogP contribution is 2.26. The second kappa shape index (κ2) is 9.10. The maximum absolute atomic E-state index is 13.0. The molecule has 0 aliphatic carbocycles. The maximum atomic E-state index is 13.0. The molecule has 0 unspecified atom stereocenters. The van der Waals surface area contributed by atoms with Gasteiger partial charge < -0.3 is 26.4 Å². The van der Waals surface area contributed by atoms with Gasteiger partial charge in [0.15, 0.2) is 0 Å². The molecule has 0 spiro atoms. The standard InChI is InChI=1S/C24H28N4O4/c25-21(29)20(27-23(31)24(26)9-12-32-13-10-24)15-16-6-7-19-17(14-16)8-11-28(22(19)30)18-4-2-1-3-5-18/h1-7,14,20H,8-13,15,26H2,(H2,25,29)(H,27,31)/t20-/m0/s1. The maximum Gasteiger partial charge on any atom is 0.258 e. The number of para-hydroxylation sites is 1. The van der Waals surface area contributed by atoms with E-state index in [2.05, 4.69) is 5.32 Å². The zero-order valence-electron chi connectivity index (χ0n) is 17.9. The van der Waals surface area contributed by atoms with Crippen molar-refractivity contribution >= 4 is 23.4 Å². The van der Waals surface area contributed by atoms with Crippen molar-refractivity contribution in [2.75, 3.05) is 24.7 Å². The van der Waals surface area contributed by atoms with Gasteiger partial charge in [-0.15, -0.1) is 0 Å². The van der Waals surface area contributed by atoms with Gasteiger partial charge in [0.25, 0.3) is 5.91 Å². The van der Waals surface area contributed by atoms with Gasteiger partial charge in [-0.2, -0.15) is 0 Å². The number of hydrogen-bond acceptors (Lipinski definition) is 5. The molecule has 2 aliphatic heterocycles. The normalized spacial score (nSPS) is 18.5. The van der Waals surface area contributed by atoms with Crippen LogP contribution in [0, 0.1) is 0 Å². The van der Waals surface area contributed by atoms with Gasteiger partial charge in [0, 0.05) is 37.4 Å². The van der Waals surface area contributed by atoms with Crippen molar-refractivity contribution < 1.29 is 19.1 Å². The fourth-order valence-electron chi connectivity index (χ4n) is 4.25. The van der Waals surface area contributed by atoms with E-state index < -0.39 is 23.4 Å². The number of nitrogens with two attached hydrogens (primary N) is 2. The molecule has 0 radical (unpaired) electrons. The smallest absolute Gasteiger partial charge is 0.258 e. The summed E-state index contributed by atoms with van der Waals surface area (Å²) in [5, 5.41) is 2.72. The zero-order valence-corrected chi connectivity index (χ0v) is 17.9. The number of primary amides is 1. The Bertz CT molecular complexity index is 1020. The van der Waals surface area contributed by atoms with E-state index in [0.29, 0.717) is 44.6 Å². The molecule has 3 amide bonds. The van der Waals surface area contributed by atoms with Crippen LogP contribution in [0.25, 0.3) is 0 Å². The first-order valence-electron chi connectivity index (χ1n) is 10.8. The second-order valence-electron chi connectivity index (χ2n) is 8.43. The summed E-state index contributed by atoms with van der Waals surface area (Å²) in [6.45, 7) is 1.39. The van der Waals surface area contributed by atoms with E-state index in [1.54, 1.807) is 17.0 Å². The van der Waals surface area contributed by atoms with Crippen LogP contribution >= 0.6 is 0 Å². The summed E-state index contributed by atoms with van der Waals surface area (Å²) >= 11 is 0. The fraction of sp³-hybridized carbons (Fsp3) is 0.375. The van der Waals surface area contributed by atoms with Crippen molar-refractivity contribution in [1.29, 1.82) is 0 Å². The van der Waals surface area contributed by atoms with E-state index in [9.17, 15) is 14.4 Å². The van der Waals surface area contributed by atoms with Gasteiger partial charge in [-0.3, -0.25) is 14.4 Å². The van der Waals surface area contributed by atoms with E-state index in [-0.39, 0.29) is 12.3 Å². The Morgan fingerprint density at radius 2 is 1.84 bits per heavy atom. The third-order valence-electron chi connectivity index (χ3n) is 6.24. The molecule has 8 nitrogen and oxygen atoms in total. The Kier molecular flexibility index (Phi) is 6.25. The molecular weight excluding hydrogens is 408 g/mol. The summed E-state index contributed by atoms with van der Waals surface area (Å²) in [6, 6.07) is 14.2. The van der Waals surface area contributed by atoms with E-state index in [1.807, 2.05) is 36.4 Å². The lowest BCUT2D eigenvalue weighted by atomic mass is 9.89. The predicted octanol–water partition coefficient (Wildman–Crippen LogP) is 0.910. The summed E-state index contributed by atoms with van der Waals surface area (Å²) in [5.74, 6) is -1.07. The van der Waals surface area contributed by atoms with E-state index in [0.717, 1.165) is 16.8 Å². The highest BCUT2D eigenvalue weighted by molar-refractivity contribution is 6.08. The fourth-order valence-corrected chi connectivity index (χ4v) is 4.25. The van der Waals surface area contributed by atoms with E-state index in [1.165, 1.54) is 0 Å². The summed E-state index contributed by atoms with van der Waals surface area (Å²) in [7, 11) is 0. The zero-order chi connectivity index (χ0) is 22.7. The topological polar surface area (TPSA) is 128 Å². The highest BCUT2D eigenvalue weighted by Gasteiger charge is 2.37. The number of hydrogen-bond donors (Lipinski definition) is 3. The Morgan fingerprint density at radius 3 is 2.53 bits per heavy atom. The monoisotopic (exact) mass is 436 g/mol. The molecular formula is C24H28N4O4. The van der Waals surface area contributed by atoms with Crippen LogP contribution < -0.4 is 21.7 Å². The number of fused-ring (bicyclic) bond motifs is 1. The molecule has 2 aromatic carbocycles. The van der Waals surface area contributed by atoms with Crippen LogP contribution in [0.1, 0.15) is 34.3 Å². The molecule has 1 fully saturated rings. The first-order chi connectivity index (χ1) is 15.4. The van der Waals surface area contributed by atoms with Crippen LogP contribution in [0.3, 0.4) is 0 Å². The number of benzene rings is 2. The first kappa shape index (κ1) is 22.0. The van der Waals surface area contributed by atoms with Crippen LogP contribution in [-0.4, -0.2) is 49.1 Å². The molecule has 2 heterocycles. The molecule has 5 N–H and O–H groups in total. The molecule has 0 saturated carbocycles. The number of anilines is 1. The minimum atomic E-state index is -1.06. The van der Waals surface area contributed by atoms with Crippen molar-refractivity contribution in [3.8, 4) is 0 Å². The number of nitrogens with one attached hydrogen (secondary N) is 1. The number of ether oxygens (including phenoxy) is 1. The molecule has 168 valence electrons. The predicted molar refractivity (Wildman–Crippen MR) is 120 cm³/mol. The SMILES string of the molecule is NC(=O)[C@H](Cc1ccc2c(c1)CCN(c1ccccc1)C2=O)NC(=O)C1(N)CCOCC1. The van der Waals surface area contributed by atoms with Crippen LogP contribution in [0.5, 0.6) is 0 Å². The number of rotatable bonds is 6. The van der Waals surface area contributed by atoms with E-state index in [4.69, 9.17) is 16.2 Å². The third kappa shape index (κ3) is 4.51. The Balaban J connectivity index is 1.48. The van der Waals surface area contributed by atoms with Crippen molar-refractivity contribution in [3.05, 3.63) is 65.2 Å². The largest absolute Gasteiger partial charge is 0.381 e. The number of carbonyl (C=O) groups is 3. The Morgan fingerprint density at radius 1 is 1.12 bits per heavy atom. The van der Waals surface area contributed by atoms with E-state index >= 15 is 0 Å². The van der Waals surface area contributed by atoms with Crippen LogP contribution in [-0.2, 0) is 27.2 Å². The van der Waals surface area contributed by atoms with Crippen molar-refractivity contribution in [2.24, 2.45) is 11.5 Å². The quantitative estimate of drug-likeness (QED) is 0.620. The summed E-state index contributed by atoms with van der Waals surface area (Å²) in [6.07, 6.45) is 1.72. The molecule has 0 bridgehead atoms. The molecule has 2 aliphatic rings. The van der Waals surface area contributed by atoms with Gasteiger partial charge in [0.2, 0.25) is 11.8 Å². The number of nitrogens with zero attached hydrogens (tertiary/aromatic N) is 1. The minimum absolute atomic E-state index is 0.0478. The van der Waals surface area contributed by atoms with Gasteiger partial charge in [-0.1, -0.05) is 30.3 Å². The lowest BCUT2D eigenvalue weighted by molar-refractivity contribution is -0.133. The average Bonchev–Trinajstić information content (AvgIpc) is 2.80. The molecule has 1 atom stereocenters. The van der Waals surface area contributed by atoms with Gasteiger partial charge >= 0.3 is 0 Å².